The second-order valence-corrected chi connectivity index (χ2v) is 10.5. The molecular weight excluding hydrogens is 514 g/mol. The molecule has 0 spiro atoms. The SMILES string of the molecule is O=C(O[C@@H]1CC2CC[N+]1(CCCOc1ccccc1)CC2)C1c2ccccc2Cc2ccccc21.[Br-]. The van der Waals surface area contributed by atoms with Gasteiger partial charge < -0.3 is 26.5 Å². The van der Waals surface area contributed by atoms with Gasteiger partial charge in [-0.2, -0.15) is 0 Å². The Kier molecular flexibility index (Phi) is 7.49. The molecule has 4 nitrogen and oxygen atoms in total. The van der Waals surface area contributed by atoms with Crippen molar-refractivity contribution in [2.45, 2.75) is 44.2 Å². The van der Waals surface area contributed by atoms with Crippen LogP contribution in [0.4, 0.5) is 0 Å². The Hall–Kier alpha value is -2.63. The van der Waals surface area contributed by atoms with E-state index in [1.165, 1.54) is 24.0 Å². The first-order valence-electron chi connectivity index (χ1n) is 13.1. The van der Waals surface area contributed by atoms with Gasteiger partial charge in [0.25, 0.3) is 0 Å². The Morgan fingerprint density at radius 3 is 2.11 bits per heavy atom. The van der Waals surface area contributed by atoms with Crippen molar-refractivity contribution >= 4 is 5.97 Å². The largest absolute Gasteiger partial charge is 1.00 e. The minimum absolute atomic E-state index is 0. The lowest BCUT2D eigenvalue weighted by atomic mass is 9.78. The van der Waals surface area contributed by atoms with E-state index < -0.39 is 0 Å². The zero-order valence-corrected chi connectivity index (χ0v) is 22.2. The van der Waals surface area contributed by atoms with Gasteiger partial charge in [-0.25, -0.2) is 0 Å². The maximum absolute atomic E-state index is 13.9. The third-order valence-electron chi connectivity index (χ3n) is 8.47. The number of benzene rings is 3. The number of nitrogens with zero attached hydrogens (tertiary/aromatic N) is 1. The lowest BCUT2D eigenvalue weighted by molar-refractivity contribution is -0.984. The molecule has 7 rings (SSSR count). The molecule has 0 amide bonds. The second kappa shape index (κ2) is 10.8. The van der Waals surface area contributed by atoms with E-state index >= 15 is 0 Å². The van der Waals surface area contributed by atoms with E-state index in [-0.39, 0.29) is 35.1 Å². The predicted octanol–water partition coefficient (Wildman–Crippen LogP) is 2.70. The standard InChI is InChI=1S/C31H34NO3.BrH/c33-31(30-27-13-6-4-9-24(27)22-25-10-5-7-14-28(25)30)35-29-21-23-15-18-32(29,19-16-23)17-8-20-34-26-11-2-1-3-12-26;/h1-7,9-14,23,29-30H,8,15-22H2;1H/q+1;/p-1/t23?,29-,32?;/m1./s1. The van der Waals surface area contributed by atoms with E-state index in [4.69, 9.17) is 9.47 Å². The zero-order chi connectivity index (χ0) is 23.7. The fraction of sp³-hybridized carbons (Fsp3) is 0.387. The third-order valence-corrected chi connectivity index (χ3v) is 8.47. The average Bonchev–Trinajstić information content (AvgIpc) is 2.91. The van der Waals surface area contributed by atoms with Crippen LogP contribution in [-0.4, -0.2) is 42.9 Å². The van der Waals surface area contributed by atoms with Crippen LogP contribution in [0.3, 0.4) is 0 Å². The normalized spacial score (nSPS) is 24.2. The number of halogens is 1. The molecule has 4 aliphatic rings. The highest BCUT2D eigenvalue weighted by Crippen LogP contribution is 2.42. The van der Waals surface area contributed by atoms with Gasteiger partial charge >= 0.3 is 5.97 Å². The van der Waals surface area contributed by atoms with Gasteiger partial charge in [0.15, 0.2) is 0 Å². The maximum atomic E-state index is 13.9. The molecule has 2 bridgehead atoms. The maximum Gasteiger partial charge on any atom is 0.322 e. The van der Waals surface area contributed by atoms with E-state index in [2.05, 4.69) is 36.4 Å². The van der Waals surface area contributed by atoms with Crippen molar-refractivity contribution in [1.29, 1.82) is 0 Å². The highest BCUT2D eigenvalue weighted by Gasteiger charge is 2.50. The first kappa shape index (κ1) is 25.0. The van der Waals surface area contributed by atoms with Gasteiger partial charge in [0.05, 0.1) is 26.2 Å². The van der Waals surface area contributed by atoms with Gasteiger partial charge in [0.2, 0.25) is 6.23 Å². The van der Waals surface area contributed by atoms with Crippen molar-refractivity contribution in [3.05, 3.63) is 101 Å². The predicted molar refractivity (Wildman–Crippen MR) is 136 cm³/mol. The number of fused-ring (bicyclic) bond motifs is 5. The smallest absolute Gasteiger partial charge is 0.322 e. The summed E-state index contributed by atoms with van der Waals surface area (Å²) in [4.78, 5) is 13.9. The van der Waals surface area contributed by atoms with E-state index in [1.54, 1.807) is 0 Å². The number of hydrogen-bond donors (Lipinski definition) is 0. The summed E-state index contributed by atoms with van der Waals surface area (Å²) in [5.74, 6) is 1.18. The van der Waals surface area contributed by atoms with Crippen molar-refractivity contribution in [3.63, 3.8) is 0 Å². The summed E-state index contributed by atoms with van der Waals surface area (Å²) in [6.07, 6.45) is 5.26. The number of quaternary nitrogens is 1. The first-order chi connectivity index (χ1) is 17.2. The van der Waals surface area contributed by atoms with Crippen molar-refractivity contribution in [1.82, 2.24) is 0 Å². The number of carbonyl (C=O) groups is 1. The van der Waals surface area contributed by atoms with Crippen LogP contribution in [-0.2, 0) is 16.0 Å². The molecule has 0 radical (unpaired) electrons. The molecule has 3 aromatic carbocycles. The topological polar surface area (TPSA) is 35.5 Å². The quantitative estimate of drug-likeness (QED) is 0.259. The van der Waals surface area contributed by atoms with Crippen LogP contribution < -0.4 is 21.7 Å². The molecule has 3 heterocycles. The minimum Gasteiger partial charge on any atom is -1.00 e. The van der Waals surface area contributed by atoms with Crippen molar-refractivity contribution < 1.29 is 35.7 Å². The van der Waals surface area contributed by atoms with Crippen molar-refractivity contribution in [3.8, 4) is 5.75 Å². The molecule has 0 saturated carbocycles. The molecule has 188 valence electrons. The number of para-hydroxylation sites is 1. The van der Waals surface area contributed by atoms with Crippen LogP contribution in [0.5, 0.6) is 5.75 Å². The highest BCUT2D eigenvalue weighted by molar-refractivity contribution is 5.84. The monoisotopic (exact) mass is 547 g/mol. The molecule has 0 unspecified atom stereocenters. The Labute approximate surface area is 224 Å². The van der Waals surface area contributed by atoms with E-state index in [9.17, 15) is 4.79 Å². The number of piperidine rings is 3. The van der Waals surface area contributed by atoms with Gasteiger partial charge in [0.1, 0.15) is 11.7 Å². The molecule has 3 aliphatic heterocycles. The van der Waals surface area contributed by atoms with E-state index in [0.29, 0.717) is 12.5 Å². The summed E-state index contributed by atoms with van der Waals surface area (Å²) >= 11 is 0. The molecule has 0 N–H and O–H groups in total. The van der Waals surface area contributed by atoms with E-state index in [0.717, 1.165) is 60.3 Å². The van der Waals surface area contributed by atoms with Crippen LogP contribution in [0.1, 0.15) is 53.9 Å². The molecule has 3 aromatic rings. The average molecular weight is 549 g/mol. The lowest BCUT2D eigenvalue weighted by Crippen LogP contribution is -3.00. The molecular formula is C31H34BrNO3. The fourth-order valence-corrected chi connectivity index (χ4v) is 6.56. The Morgan fingerprint density at radius 1 is 0.833 bits per heavy atom. The first-order valence-corrected chi connectivity index (χ1v) is 13.1. The van der Waals surface area contributed by atoms with Gasteiger partial charge in [-0.15, -0.1) is 0 Å². The molecule has 0 aromatic heterocycles. The Morgan fingerprint density at radius 2 is 1.44 bits per heavy atom. The van der Waals surface area contributed by atoms with Gasteiger partial charge in [-0.1, -0.05) is 66.7 Å². The second-order valence-electron chi connectivity index (χ2n) is 10.5. The van der Waals surface area contributed by atoms with Crippen LogP contribution in [0.2, 0.25) is 0 Å². The summed E-state index contributed by atoms with van der Waals surface area (Å²) in [5, 5.41) is 0. The third kappa shape index (κ3) is 4.83. The number of hydrogen-bond acceptors (Lipinski definition) is 3. The van der Waals surface area contributed by atoms with Crippen molar-refractivity contribution in [2.75, 3.05) is 26.2 Å². The summed E-state index contributed by atoms with van der Waals surface area (Å²) in [6.45, 7) is 3.89. The van der Waals surface area contributed by atoms with Gasteiger partial charge in [-0.3, -0.25) is 9.28 Å². The summed E-state index contributed by atoms with van der Waals surface area (Å²) in [6, 6.07) is 26.8. The minimum atomic E-state index is -0.334. The highest BCUT2D eigenvalue weighted by atomic mass is 79.9. The molecule has 1 atom stereocenters. The molecule has 1 aliphatic carbocycles. The van der Waals surface area contributed by atoms with Gasteiger partial charge in [-0.05, 0) is 46.7 Å². The van der Waals surface area contributed by atoms with Crippen LogP contribution in [0, 0.1) is 5.92 Å². The number of ether oxygens (including phenoxy) is 2. The van der Waals surface area contributed by atoms with Crippen LogP contribution >= 0.6 is 0 Å². The molecule has 5 heteroatoms. The number of esters is 1. The Balaban J connectivity index is 0.00000267. The number of rotatable bonds is 7. The molecule has 36 heavy (non-hydrogen) atoms. The van der Waals surface area contributed by atoms with Crippen LogP contribution in [0.15, 0.2) is 78.9 Å². The Bertz CT molecular complexity index is 1140. The summed E-state index contributed by atoms with van der Waals surface area (Å²) in [7, 11) is 0. The lowest BCUT2D eigenvalue weighted by Gasteiger charge is -2.53. The summed E-state index contributed by atoms with van der Waals surface area (Å²) in [5.41, 5.74) is 4.69. The molecule has 3 fully saturated rings. The van der Waals surface area contributed by atoms with Gasteiger partial charge in [0, 0.05) is 25.7 Å². The summed E-state index contributed by atoms with van der Waals surface area (Å²) < 4.78 is 13.4. The van der Waals surface area contributed by atoms with Crippen LogP contribution in [0.25, 0.3) is 0 Å². The van der Waals surface area contributed by atoms with Crippen molar-refractivity contribution in [2.24, 2.45) is 5.92 Å². The fourth-order valence-electron chi connectivity index (χ4n) is 6.56. The molecule has 3 saturated heterocycles. The number of carbonyl (C=O) groups excluding carboxylic acids is 1. The van der Waals surface area contributed by atoms with E-state index in [1.807, 2.05) is 42.5 Å². The zero-order valence-electron chi connectivity index (χ0n) is 20.7.